The zero-order valence-corrected chi connectivity index (χ0v) is 22.3. The highest BCUT2D eigenvalue weighted by Crippen LogP contribution is 2.39. The molecule has 0 spiro atoms. The highest BCUT2D eigenvalue weighted by Gasteiger charge is 2.18. The van der Waals surface area contributed by atoms with Crippen molar-refractivity contribution in [1.82, 2.24) is 13.7 Å². The third-order valence-electron chi connectivity index (χ3n) is 8.47. The Bertz CT molecular complexity index is 2360. The molecule has 0 fully saturated rings. The van der Waals surface area contributed by atoms with Crippen molar-refractivity contribution >= 4 is 54.5 Å². The molecular formula is C38H25N3. The molecule has 0 N–H and O–H groups in total. The molecule has 0 saturated heterocycles. The van der Waals surface area contributed by atoms with Crippen molar-refractivity contribution in [1.29, 1.82) is 0 Å². The lowest BCUT2D eigenvalue weighted by Crippen LogP contribution is -1.98. The molecule has 0 atom stereocenters. The molecule has 9 aromatic rings. The third kappa shape index (κ3) is 3.14. The Balaban J connectivity index is 1.32. The Hall–Kier alpha value is -5.54. The van der Waals surface area contributed by atoms with Crippen LogP contribution in [0.15, 0.2) is 152 Å². The van der Waals surface area contributed by atoms with Gasteiger partial charge in [-0.05, 0) is 66.7 Å². The molecule has 9 rings (SSSR count). The maximum atomic E-state index is 2.42. The van der Waals surface area contributed by atoms with E-state index in [0.717, 1.165) is 11.4 Å². The van der Waals surface area contributed by atoms with Gasteiger partial charge < -0.3 is 13.7 Å². The van der Waals surface area contributed by atoms with E-state index in [1.54, 1.807) is 0 Å². The Kier molecular flexibility index (Phi) is 4.61. The van der Waals surface area contributed by atoms with Crippen molar-refractivity contribution in [2.24, 2.45) is 0 Å². The van der Waals surface area contributed by atoms with Crippen LogP contribution in [0, 0.1) is 0 Å². The van der Waals surface area contributed by atoms with E-state index in [1.807, 2.05) is 0 Å². The Labute approximate surface area is 236 Å². The van der Waals surface area contributed by atoms with E-state index in [0.29, 0.717) is 0 Å². The summed E-state index contributed by atoms with van der Waals surface area (Å²) in [5.41, 5.74) is 9.55. The molecule has 0 unspecified atom stereocenters. The van der Waals surface area contributed by atoms with Crippen LogP contribution in [0.5, 0.6) is 0 Å². The number of nitrogens with zero attached hydrogens (tertiary/aromatic N) is 3. The quantitative estimate of drug-likeness (QED) is 0.219. The van der Waals surface area contributed by atoms with Crippen LogP contribution in [0.25, 0.3) is 71.6 Å². The van der Waals surface area contributed by atoms with Gasteiger partial charge in [-0.25, -0.2) is 0 Å². The summed E-state index contributed by atoms with van der Waals surface area (Å²) >= 11 is 0. The van der Waals surface area contributed by atoms with Crippen LogP contribution in [0.3, 0.4) is 0 Å². The van der Waals surface area contributed by atoms with Crippen LogP contribution in [-0.2, 0) is 0 Å². The number of fused-ring (bicyclic) bond motifs is 8. The van der Waals surface area contributed by atoms with Crippen LogP contribution < -0.4 is 0 Å². The normalized spacial score (nSPS) is 11.9. The van der Waals surface area contributed by atoms with Gasteiger partial charge in [0.2, 0.25) is 0 Å². The van der Waals surface area contributed by atoms with Gasteiger partial charge in [-0.2, -0.15) is 0 Å². The topological polar surface area (TPSA) is 14.8 Å². The molecule has 192 valence electrons. The molecule has 0 bridgehead atoms. The van der Waals surface area contributed by atoms with E-state index in [-0.39, 0.29) is 0 Å². The molecule has 0 aliphatic rings. The van der Waals surface area contributed by atoms with Crippen LogP contribution >= 0.6 is 0 Å². The maximum Gasteiger partial charge on any atom is 0.0548 e. The molecular weight excluding hydrogens is 498 g/mol. The summed E-state index contributed by atoms with van der Waals surface area (Å²) in [4.78, 5) is 0. The van der Waals surface area contributed by atoms with Gasteiger partial charge in [0.25, 0.3) is 0 Å². The Morgan fingerprint density at radius 1 is 0.317 bits per heavy atom. The van der Waals surface area contributed by atoms with Crippen molar-refractivity contribution in [3.05, 3.63) is 152 Å². The molecule has 3 heteroatoms. The summed E-state index contributed by atoms with van der Waals surface area (Å²) in [6, 6.07) is 52.5. The smallest absolute Gasteiger partial charge is 0.0548 e. The number of hydrogen-bond acceptors (Lipinski definition) is 0. The fraction of sp³-hybridized carbons (Fsp3) is 0. The van der Waals surface area contributed by atoms with E-state index in [9.17, 15) is 0 Å². The second-order valence-electron chi connectivity index (χ2n) is 10.7. The summed E-state index contributed by atoms with van der Waals surface area (Å²) in [5, 5.41) is 6.36. The molecule has 3 heterocycles. The van der Waals surface area contributed by atoms with Gasteiger partial charge in [0.15, 0.2) is 0 Å². The average Bonchev–Trinajstić information content (AvgIpc) is 3.71. The Morgan fingerprint density at radius 3 is 1.49 bits per heavy atom. The minimum atomic E-state index is 1.15. The first-order valence-corrected chi connectivity index (χ1v) is 14.0. The van der Waals surface area contributed by atoms with Crippen LogP contribution in [0.4, 0.5) is 0 Å². The lowest BCUT2D eigenvalue weighted by atomic mass is 10.1. The van der Waals surface area contributed by atoms with Gasteiger partial charge in [-0.15, -0.1) is 0 Å². The molecule has 0 aliphatic carbocycles. The second-order valence-corrected chi connectivity index (χ2v) is 10.7. The first kappa shape index (κ1) is 22.3. The lowest BCUT2D eigenvalue weighted by molar-refractivity contribution is 1.12. The second kappa shape index (κ2) is 8.48. The van der Waals surface area contributed by atoms with Crippen LogP contribution in [0.2, 0.25) is 0 Å². The molecule has 6 aromatic carbocycles. The van der Waals surface area contributed by atoms with Gasteiger partial charge in [0, 0.05) is 50.2 Å². The molecule has 0 saturated carbocycles. The highest BCUT2D eigenvalue weighted by molar-refractivity contribution is 6.21. The van der Waals surface area contributed by atoms with Gasteiger partial charge in [0.1, 0.15) is 0 Å². The Morgan fingerprint density at radius 2 is 0.805 bits per heavy atom. The minimum absolute atomic E-state index is 1.15. The number of benzene rings is 6. The van der Waals surface area contributed by atoms with E-state index >= 15 is 0 Å². The molecule has 0 aliphatic heterocycles. The number of hydrogen-bond donors (Lipinski definition) is 0. The lowest BCUT2D eigenvalue weighted by Gasteiger charge is -2.13. The van der Waals surface area contributed by atoms with Crippen molar-refractivity contribution in [2.45, 2.75) is 0 Å². The van der Waals surface area contributed by atoms with Crippen molar-refractivity contribution in [3.8, 4) is 17.1 Å². The fourth-order valence-corrected chi connectivity index (χ4v) is 6.75. The average molecular weight is 524 g/mol. The monoisotopic (exact) mass is 523 g/mol. The fourth-order valence-electron chi connectivity index (χ4n) is 6.75. The molecule has 3 nitrogen and oxygen atoms in total. The summed E-state index contributed by atoms with van der Waals surface area (Å²) < 4.78 is 7.09. The van der Waals surface area contributed by atoms with Crippen molar-refractivity contribution < 1.29 is 0 Å². The van der Waals surface area contributed by atoms with Crippen molar-refractivity contribution in [3.63, 3.8) is 0 Å². The van der Waals surface area contributed by atoms with Crippen molar-refractivity contribution in [2.75, 3.05) is 0 Å². The summed E-state index contributed by atoms with van der Waals surface area (Å²) in [5.74, 6) is 0. The van der Waals surface area contributed by atoms with E-state index in [1.165, 1.54) is 60.2 Å². The maximum absolute atomic E-state index is 2.42. The molecule has 0 amide bonds. The summed E-state index contributed by atoms with van der Waals surface area (Å²) in [6.07, 6.45) is 2.19. The molecule has 41 heavy (non-hydrogen) atoms. The van der Waals surface area contributed by atoms with Gasteiger partial charge >= 0.3 is 0 Å². The minimum Gasteiger partial charge on any atom is -0.317 e. The first-order chi connectivity index (χ1) is 20.4. The SMILES string of the molecule is c1ccc(-n2ccc3c4c5ccccc5n(-c5cccc(-n6c7ccccc7c7ccccc76)c5)c4ccc32)cc1. The van der Waals surface area contributed by atoms with E-state index in [2.05, 4.69) is 165 Å². The number of rotatable bonds is 3. The molecule has 3 aromatic heterocycles. The highest BCUT2D eigenvalue weighted by atomic mass is 15.0. The van der Waals surface area contributed by atoms with E-state index in [4.69, 9.17) is 0 Å². The number of aromatic nitrogens is 3. The first-order valence-electron chi connectivity index (χ1n) is 14.0. The molecule has 0 radical (unpaired) electrons. The zero-order chi connectivity index (χ0) is 26.9. The largest absolute Gasteiger partial charge is 0.317 e. The summed E-state index contributed by atoms with van der Waals surface area (Å²) in [7, 11) is 0. The third-order valence-corrected chi connectivity index (χ3v) is 8.47. The number of para-hydroxylation sites is 4. The van der Waals surface area contributed by atoms with Crippen LogP contribution in [-0.4, -0.2) is 13.7 Å². The summed E-state index contributed by atoms with van der Waals surface area (Å²) in [6.45, 7) is 0. The zero-order valence-electron chi connectivity index (χ0n) is 22.3. The predicted molar refractivity (Wildman–Crippen MR) is 172 cm³/mol. The van der Waals surface area contributed by atoms with Crippen LogP contribution in [0.1, 0.15) is 0 Å². The van der Waals surface area contributed by atoms with E-state index < -0.39 is 0 Å². The van der Waals surface area contributed by atoms with Gasteiger partial charge in [-0.1, -0.05) is 78.9 Å². The van der Waals surface area contributed by atoms with Gasteiger partial charge in [0.05, 0.1) is 27.6 Å². The predicted octanol–water partition coefficient (Wildman–Crippen LogP) is 9.82. The van der Waals surface area contributed by atoms with Gasteiger partial charge in [-0.3, -0.25) is 0 Å². The standard InChI is InChI=1S/C38H25N3/c1-2-11-26(12-3-1)39-24-23-32-33(39)21-22-37-38(32)31-17-6-9-20-36(31)41(37)28-14-10-13-27(25-28)40-34-18-7-4-15-29(34)30-16-5-8-19-35(30)40/h1-25H.